The molecule has 4 heteroatoms. The summed E-state index contributed by atoms with van der Waals surface area (Å²) in [6.45, 7) is 0. The highest BCUT2D eigenvalue weighted by molar-refractivity contribution is 7.52. The van der Waals surface area contributed by atoms with E-state index in [0.29, 0.717) is 12.6 Å². The van der Waals surface area contributed by atoms with E-state index in [-0.39, 0.29) is 6.16 Å². The average Bonchev–Trinajstić information content (AvgIpc) is 1.68. The van der Waals surface area contributed by atoms with Gasteiger partial charge in [0.1, 0.15) is 6.29 Å². The van der Waals surface area contributed by atoms with Crippen LogP contribution >= 0.6 is 8.15 Å². The number of hydrogen-bond acceptors (Lipinski definition) is 3. The van der Waals surface area contributed by atoms with Gasteiger partial charge in [-0.15, -0.1) is 0 Å². The van der Waals surface area contributed by atoms with Gasteiger partial charge >= 0.3 is 0 Å². The second-order valence-electron chi connectivity index (χ2n) is 1.27. The predicted molar refractivity (Wildman–Crippen MR) is 31.9 cm³/mol. The topological polar surface area (TPSA) is 46.5 Å². The van der Waals surface area contributed by atoms with E-state index in [9.17, 15) is 4.79 Å². The number of hydrogen-bond donors (Lipinski definition) is 1. The summed E-state index contributed by atoms with van der Waals surface area (Å²) in [6, 6.07) is 0. The largest absolute Gasteiger partial charge is 0.378 e. The van der Waals surface area contributed by atoms with Crippen LogP contribution in [0.4, 0.5) is 0 Å². The van der Waals surface area contributed by atoms with Crippen LogP contribution in [-0.2, 0) is 9.53 Å². The quantitative estimate of drug-likeness (QED) is 0.443. The smallest absolute Gasteiger partial charge is 0.126 e. The fourth-order valence-corrected chi connectivity index (χ4v) is 0.863. The van der Waals surface area contributed by atoms with E-state index in [1.54, 1.807) is 0 Å². The fourth-order valence-electron chi connectivity index (χ4n) is 0.288. The standard InChI is InChI=1S/C4H9O3P/c1-7-4-8(6)3-2-5/h2,6H,3-4H2,1H3. The Balaban J connectivity index is 3.03. The van der Waals surface area contributed by atoms with Crippen LogP contribution in [0.15, 0.2) is 0 Å². The molecule has 0 rings (SSSR count). The molecule has 1 unspecified atom stereocenters. The zero-order valence-electron chi connectivity index (χ0n) is 4.70. The van der Waals surface area contributed by atoms with Gasteiger partial charge in [-0.3, -0.25) is 0 Å². The predicted octanol–water partition coefficient (Wildman–Crippen LogP) is 0.178. The maximum absolute atomic E-state index is 9.69. The lowest BCUT2D eigenvalue weighted by molar-refractivity contribution is -0.105. The highest BCUT2D eigenvalue weighted by Gasteiger charge is 1.98. The van der Waals surface area contributed by atoms with Crippen molar-refractivity contribution in [2.45, 2.75) is 0 Å². The van der Waals surface area contributed by atoms with Crippen molar-refractivity contribution in [2.24, 2.45) is 0 Å². The Bertz CT molecular complexity index is 66.3. The van der Waals surface area contributed by atoms with Gasteiger partial charge < -0.3 is 14.4 Å². The molecule has 0 aromatic carbocycles. The van der Waals surface area contributed by atoms with Gasteiger partial charge in [-0.25, -0.2) is 0 Å². The van der Waals surface area contributed by atoms with Crippen LogP contribution in [0.5, 0.6) is 0 Å². The first-order valence-electron chi connectivity index (χ1n) is 2.17. The molecule has 0 amide bonds. The van der Waals surface area contributed by atoms with Crippen molar-refractivity contribution in [2.75, 3.05) is 19.6 Å². The van der Waals surface area contributed by atoms with Crippen molar-refractivity contribution in [3.63, 3.8) is 0 Å². The fraction of sp³-hybridized carbons (Fsp3) is 0.750. The molecule has 1 atom stereocenters. The maximum atomic E-state index is 9.69. The van der Waals surface area contributed by atoms with Crippen LogP contribution in [0.2, 0.25) is 0 Å². The summed E-state index contributed by atoms with van der Waals surface area (Å²) < 4.78 is 4.58. The minimum absolute atomic E-state index is 0.225. The lowest BCUT2D eigenvalue weighted by atomic mass is 10.9. The van der Waals surface area contributed by atoms with E-state index in [2.05, 4.69) is 4.74 Å². The average molecular weight is 136 g/mol. The SMILES string of the molecule is COCP(O)CC=O. The van der Waals surface area contributed by atoms with E-state index in [0.717, 1.165) is 0 Å². The normalized spacial score (nSPS) is 13.2. The van der Waals surface area contributed by atoms with Gasteiger partial charge in [0.05, 0.1) is 14.5 Å². The molecule has 3 nitrogen and oxygen atoms in total. The number of rotatable bonds is 4. The van der Waals surface area contributed by atoms with Crippen molar-refractivity contribution < 1.29 is 14.4 Å². The monoisotopic (exact) mass is 136 g/mol. The molecule has 0 saturated carbocycles. The summed E-state index contributed by atoms with van der Waals surface area (Å²) in [5, 5.41) is 0. The van der Waals surface area contributed by atoms with Crippen molar-refractivity contribution in [3.05, 3.63) is 0 Å². The minimum atomic E-state index is -1.17. The number of methoxy groups -OCH3 is 1. The number of aldehydes is 1. The molecule has 0 aliphatic rings. The molecule has 48 valence electrons. The van der Waals surface area contributed by atoms with Crippen LogP contribution in [0.25, 0.3) is 0 Å². The second-order valence-corrected chi connectivity index (χ2v) is 2.91. The molecule has 0 saturated heterocycles. The molecule has 0 aliphatic heterocycles. The first-order valence-corrected chi connectivity index (χ1v) is 3.84. The third-order valence-corrected chi connectivity index (χ3v) is 1.69. The Hall–Kier alpha value is 0.0200. The Morgan fingerprint density at radius 3 is 2.88 bits per heavy atom. The van der Waals surface area contributed by atoms with Crippen molar-refractivity contribution in [1.82, 2.24) is 0 Å². The van der Waals surface area contributed by atoms with Crippen LogP contribution in [-0.4, -0.2) is 30.8 Å². The van der Waals surface area contributed by atoms with Gasteiger partial charge in [0.25, 0.3) is 0 Å². The first kappa shape index (κ1) is 8.02. The van der Waals surface area contributed by atoms with Gasteiger partial charge in [-0.05, 0) is 0 Å². The summed E-state index contributed by atoms with van der Waals surface area (Å²) in [5.41, 5.74) is 0. The molecule has 0 radical (unpaired) electrons. The van der Waals surface area contributed by atoms with Crippen LogP contribution in [0.3, 0.4) is 0 Å². The lowest BCUT2D eigenvalue weighted by Crippen LogP contribution is -1.91. The second kappa shape index (κ2) is 5.16. The third kappa shape index (κ3) is 4.19. The molecule has 8 heavy (non-hydrogen) atoms. The molecule has 1 N–H and O–H groups in total. The highest BCUT2D eigenvalue weighted by atomic mass is 31.1. The Kier molecular flexibility index (Phi) is 5.18. The summed E-state index contributed by atoms with van der Waals surface area (Å²) in [6.07, 6.45) is 1.22. The van der Waals surface area contributed by atoms with Gasteiger partial charge in [0.2, 0.25) is 0 Å². The minimum Gasteiger partial charge on any atom is -0.378 e. The number of carbonyl (C=O) groups is 1. The first-order chi connectivity index (χ1) is 3.81. The van der Waals surface area contributed by atoms with Crippen LogP contribution in [0.1, 0.15) is 0 Å². The summed E-state index contributed by atoms with van der Waals surface area (Å²) in [7, 11) is 0.325. The van der Waals surface area contributed by atoms with Crippen LogP contribution < -0.4 is 0 Å². The number of ether oxygens (including phenoxy) is 1. The van der Waals surface area contributed by atoms with Crippen molar-refractivity contribution in [3.8, 4) is 0 Å². The summed E-state index contributed by atoms with van der Waals surface area (Å²) in [4.78, 5) is 18.4. The Labute approximate surface area is 49.5 Å². The van der Waals surface area contributed by atoms with E-state index >= 15 is 0 Å². The zero-order valence-corrected chi connectivity index (χ0v) is 5.60. The van der Waals surface area contributed by atoms with E-state index < -0.39 is 8.15 Å². The van der Waals surface area contributed by atoms with Gasteiger partial charge in [0, 0.05) is 13.3 Å². The van der Waals surface area contributed by atoms with Gasteiger partial charge in [0.15, 0.2) is 0 Å². The molecule has 0 fully saturated rings. The molecule has 0 bridgehead atoms. The molecular weight excluding hydrogens is 127 g/mol. The maximum Gasteiger partial charge on any atom is 0.126 e. The number of carbonyl (C=O) groups excluding carboxylic acids is 1. The molecule has 0 spiro atoms. The molecule has 0 heterocycles. The summed E-state index contributed by atoms with van der Waals surface area (Å²) >= 11 is 0. The lowest BCUT2D eigenvalue weighted by Gasteiger charge is -2.01. The molecule has 0 aromatic heterocycles. The van der Waals surface area contributed by atoms with Gasteiger partial charge in [-0.1, -0.05) is 0 Å². The highest BCUT2D eigenvalue weighted by Crippen LogP contribution is 2.26. The van der Waals surface area contributed by atoms with Crippen LogP contribution in [0, 0.1) is 0 Å². The van der Waals surface area contributed by atoms with E-state index in [1.165, 1.54) is 7.11 Å². The third-order valence-electron chi connectivity index (χ3n) is 0.563. The zero-order chi connectivity index (χ0) is 6.41. The Morgan fingerprint density at radius 1 is 1.88 bits per heavy atom. The van der Waals surface area contributed by atoms with Crippen molar-refractivity contribution >= 4 is 14.4 Å². The summed E-state index contributed by atoms with van der Waals surface area (Å²) in [5.74, 6) is 0. The molecular formula is C4H9O3P. The van der Waals surface area contributed by atoms with E-state index in [1.807, 2.05) is 0 Å². The van der Waals surface area contributed by atoms with E-state index in [4.69, 9.17) is 4.89 Å². The van der Waals surface area contributed by atoms with Crippen molar-refractivity contribution in [1.29, 1.82) is 0 Å². The Morgan fingerprint density at radius 2 is 2.50 bits per heavy atom. The molecule has 0 aromatic rings. The molecule has 0 aliphatic carbocycles. The van der Waals surface area contributed by atoms with Gasteiger partial charge in [-0.2, -0.15) is 0 Å².